The summed E-state index contributed by atoms with van der Waals surface area (Å²) in [7, 11) is 0. The number of nitrogens with zero attached hydrogens (tertiary/aromatic N) is 2. The number of furan rings is 1. The van der Waals surface area contributed by atoms with E-state index in [2.05, 4.69) is 14.9 Å². The van der Waals surface area contributed by atoms with E-state index < -0.39 is 0 Å². The molecule has 0 fully saturated rings. The van der Waals surface area contributed by atoms with Crippen molar-refractivity contribution in [1.29, 1.82) is 0 Å². The fourth-order valence-corrected chi connectivity index (χ4v) is 3.89. The first-order valence-corrected chi connectivity index (χ1v) is 10.4. The standard InChI is InChI=1S/C22H18ClN3O2S/c23-17-8-4-9-18(12-17)25-21(27)15-29-22-24-13-20(16-6-2-1-3-7-16)26(22)14-19-10-5-11-28-19/h1-13H,14-15H2,(H,25,27). The summed E-state index contributed by atoms with van der Waals surface area (Å²) in [5.74, 6) is 0.937. The monoisotopic (exact) mass is 423 g/mol. The molecule has 0 aliphatic heterocycles. The van der Waals surface area contributed by atoms with E-state index in [0.29, 0.717) is 17.3 Å². The van der Waals surface area contributed by atoms with Crippen LogP contribution in [0, 0.1) is 0 Å². The summed E-state index contributed by atoms with van der Waals surface area (Å²) in [6, 6.07) is 20.9. The van der Waals surface area contributed by atoms with Crippen LogP contribution < -0.4 is 5.32 Å². The molecule has 29 heavy (non-hydrogen) atoms. The van der Waals surface area contributed by atoms with Gasteiger partial charge >= 0.3 is 0 Å². The molecule has 2 aromatic carbocycles. The van der Waals surface area contributed by atoms with Crippen molar-refractivity contribution in [2.45, 2.75) is 11.7 Å². The number of carbonyl (C=O) groups excluding carboxylic acids is 1. The molecule has 2 aromatic heterocycles. The predicted octanol–water partition coefficient (Wildman–Crippen LogP) is 5.58. The number of rotatable bonds is 7. The molecular formula is C22H18ClN3O2S. The van der Waals surface area contributed by atoms with Crippen LogP contribution in [0.15, 0.2) is 88.8 Å². The Morgan fingerprint density at radius 3 is 2.72 bits per heavy atom. The number of amides is 1. The van der Waals surface area contributed by atoms with Gasteiger partial charge in [-0.3, -0.25) is 4.79 Å². The minimum atomic E-state index is -0.119. The molecule has 1 N–H and O–H groups in total. The SMILES string of the molecule is O=C(CSc1ncc(-c2ccccc2)n1Cc1ccco1)Nc1cccc(Cl)c1. The van der Waals surface area contributed by atoms with Gasteiger partial charge in [0.1, 0.15) is 5.76 Å². The van der Waals surface area contributed by atoms with Gasteiger partial charge < -0.3 is 14.3 Å². The van der Waals surface area contributed by atoms with Crippen molar-refractivity contribution >= 4 is 35.0 Å². The van der Waals surface area contributed by atoms with Crippen molar-refractivity contribution in [1.82, 2.24) is 9.55 Å². The van der Waals surface area contributed by atoms with Gasteiger partial charge in [-0.2, -0.15) is 0 Å². The lowest BCUT2D eigenvalue weighted by atomic mass is 10.2. The second-order valence-corrected chi connectivity index (χ2v) is 7.68. The minimum absolute atomic E-state index is 0.119. The summed E-state index contributed by atoms with van der Waals surface area (Å²) in [5.41, 5.74) is 2.70. The molecule has 0 bridgehead atoms. The van der Waals surface area contributed by atoms with Crippen molar-refractivity contribution in [2.24, 2.45) is 0 Å². The molecule has 7 heteroatoms. The molecule has 0 aliphatic rings. The van der Waals surface area contributed by atoms with Gasteiger partial charge in [0, 0.05) is 10.7 Å². The van der Waals surface area contributed by atoms with Gasteiger partial charge in [-0.1, -0.05) is 59.8 Å². The van der Waals surface area contributed by atoms with Gasteiger partial charge in [0.05, 0.1) is 30.5 Å². The number of nitrogens with one attached hydrogen (secondary N) is 1. The first-order chi connectivity index (χ1) is 14.2. The van der Waals surface area contributed by atoms with Crippen LogP contribution in [0.25, 0.3) is 11.3 Å². The molecule has 0 spiro atoms. The van der Waals surface area contributed by atoms with E-state index >= 15 is 0 Å². The zero-order valence-corrected chi connectivity index (χ0v) is 17.0. The summed E-state index contributed by atoms with van der Waals surface area (Å²) >= 11 is 7.35. The summed E-state index contributed by atoms with van der Waals surface area (Å²) in [6.07, 6.45) is 3.48. The molecule has 0 saturated heterocycles. The zero-order valence-electron chi connectivity index (χ0n) is 15.4. The van der Waals surface area contributed by atoms with Gasteiger partial charge in [0.25, 0.3) is 0 Å². The largest absolute Gasteiger partial charge is 0.467 e. The van der Waals surface area contributed by atoms with Crippen LogP contribution in [0.1, 0.15) is 5.76 Å². The highest BCUT2D eigenvalue weighted by Crippen LogP contribution is 2.27. The summed E-state index contributed by atoms with van der Waals surface area (Å²) in [6.45, 7) is 0.537. The molecule has 0 unspecified atom stereocenters. The van der Waals surface area contributed by atoms with Crippen LogP contribution in [0.5, 0.6) is 0 Å². The number of halogens is 1. The highest BCUT2D eigenvalue weighted by molar-refractivity contribution is 7.99. The van der Waals surface area contributed by atoms with Crippen molar-refractivity contribution in [3.05, 3.63) is 90.0 Å². The van der Waals surface area contributed by atoms with Crippen molar-refractivity contribution < 1.29 is 9.21 Å². The maximum atomic E-state index is 12.4. The topological polar surface area (TPSA) is 60.1 Å². The molecular weight excluding hydrogens is 406 g/mol. The molecule has 0 saturated carbocycles. The van der Waals surface area contributed by atoms with E-state index in [4.69, 9.17) is 16.0 Å². The lowest BCUT2D eigenvalue weighted by molar-refractivity contribution is -0.113. The lowest BCUT2D eigenvalue weighted by Crippen LogP contribution is -2.14. The number of carbonyl (C=O) groups is 1. The fourth-order valence-electron chi connectivity index (χ4n) is 2.92. The smallest absolute Gasteiger partial charge is 0.234 e. The second kappa shape index (κ2) is 9.03. The molecule has 0 atom stereocenters. The third kappa shape index (κ3) is 4.91. The van der Waals surface area contributed by atoms with Crippen LogP contribution >= 0.6 is 23.4 Å². The lowest BCUT2D eigenvalue weighted by Gasteiger charge is -2.11. The first kappa shape index (κ1) is 19.4. The van der Waals surface area contributed by atoms with Gasteiger partial charge in [0.15, 0.2) is 5.16 Å². The van der Waals surface area contributed by atoms with Crippen LogP contribution in [-0.4, -0.2) is 21.2 Å². The summed E-state index contributed by atoms with van der Waals surface area (Å²) < 4.78 is 7.58. The highest BCUT2D eigenvalue weighted by atomic mass is 35.5. The van der Waals surface area contributed by atoms with Gasteiger partial charge in [-0.15, -0.1) is 0 Å². The number of hydrogen-bond donors (Lipinski definition) is 1. The van der Waals surface area contributed by atoms with E-state index in [1.807, 2.05) is 48.7 Å². The Kier molecular flexibility index (Phi) is 6.03. The number of thioether (sulfide) groups is 1. The van der Waals surface area contributed by atoms with Crippen LogP contribution in [-0.2, 0) is 11.3 Å². The van der Waals surface area contributed by atoms with Crippen molar-refractivity contribution in [3.8, 4) is 11.3 Å². The summed E-state index contributed by atoms with van der Waals surface area (Å²) in [5, 5.41) is 4.19. The van der Waals surface area contributed by atoms with E-state index in [-0.39, 0.29) is 11.7 Å². The molecule has 0 radical (unpaired) electrons. The predicted molar refractivity (Wildman–Crippen MR) is 116 cm³/mol. The second-order valence-electron chi connectivity index (χ2n) is 6.30. The van der Waals surface area contributed by atoms with Gasteiger partial charge in [0.2, 0.25) is 5.91 Å². The molecule has 4 aromatic rings. The van der Waals surface area contributed by atoms with Gasteiger partial charge in [-0.05, 0) is 35.9 Å². The number of aromatic nitrogens is 2. The van der Waals surface area contributed by atoms with E-state index in [0.717, 1.165) is 22.2 Å². The van der Waals surface area contributed by atoms with Crippen molar-refractivity contribution in [2.75, 3.05) is 11.1 Å². The fraction of sp³-hybridized carbons (Fsp3) is 0.0909. The summed E-state index contributed by atoms with van der Waals surface area (Å²) in [4.78, 5) is 16.9. The third-order valence-electron chi connectivity index (χ3n) is 4.22. The number of hydrogen-bond acceptors (Lipinski definition) is 4. The maximum Gasteiger partial charge on any atom is 0.234 e. The number of imidazole rings is 1. The Bertz CT molecular complexity index is 1090. The average Bonchev–Trinajstić information content (AvgIpc) is 3.38. The minimum Gasteiger partial charge on any atom is -0.467 e. The zero-order chi connectivity index (χ0) is 20.1. The van der Waals surface area contributed by atoms with Gasteiger partial charge in [-0.25, -0.2) is 4.98 Å². The Hall–Kier alpha value is -2.96. The Labute approximate surface area is 177 Å². The normalized spacial score (nSPS) is 10.8. The maximum absolute atomic E-state index is 12.4. The van der Waals surface area contributed by atoms with Crippen LogP contribution in [0.2, 0.25) is 5.02 Å². The Balaban J connectivity index is 1.52. The molecule has 0 aliphatic carbocycles. The molecule has 1 amide bonds. The Morgan fingerprint density at radius 1 is 1.10 bits per heavy atom. The molecule has 2 heterocycles. The van der Waals surface area contributed by atoms with E-state index in [1.165, 1.54) is 11.8 Å². The number of anilines is 1. The van der Waals surface area contributed by atoms with E-state index in [9.17, 15) is 4.79 Å². The quantitative estimate of drug-likeness (QED) is 0.394. The number of benzene rings is 2. The molecule has 4 rings (SSSR count). The third-order valence-corrected chi connectivity index (χ3v) is 5.45. The highest BCUT2D eigenvalue weighted by Gasteiger charge is 2.15. The van der Waals surface area contributed by atoms with E-state index in [1.54, 1.807) is 30.5 Å². The van der Waals surface area contributed by atoms with Crippen LogP contribution in [0.4, 0.5) is 5.69 Å². The molecule has 146 valence electrons. The van der Waals surface area contributed by atoms with Crippen LogP contribution in [0.3, 0.4) is 0 Å². The molecule has 5 nitrogen and oxygen atoms in total. The first-order valence-electron chi connectivity index (χ1n) is 9.00. The van der Waals surface area contributed by atoms with Crippen molar-refractivity contribution in [3.63, 3.8) is 0 Å². The average molecular weight is 424 g/mol. The Morgan fingerprint density at radius 2 is 1.97 bits per heavy atom.